The first-order valence-corrected chi connectivity index (χ1v) is 7.31. The predicted octanol–water partition coefficient (Wildman–Crippen LogP) is 4.97. The van der Waals surface area contributed by atoms with Crippen LogP contribution in [0, 0.1) is 5.82 Å². The van der Waals surface area contributed by atoms with Crippen molar-refractivity contribution < 1.29 is 4.39 Å². The van der Waals surface area contributed by atoms with Crippen LogP contribution in [-0.2, 0) is 0 Å². The lowest BCUT2D eigenvalue weighted by Crippen LogP contribution is -2.07. The summed E-state index contributed by atoms with van der Waals surface area (Å²) in [6.45, 7) is 8.21. The van der Waals surface area contributed by atoms with Gasteiger partial charge in [0.15, 0.2) is 0 Å². The zero-order chi connectivity index (χ0) is 15.6. The monoisotopic (exact) mass is 285 g/mol. The van der Waals surface area contributed by atoms with Crippen molar-refractivity contribution in [3.8, 4) is 0 Å². The molecule has 0 saturated heterocycles. The first-order chi connectivity index (χ1) is 10.1. The van der Waals surface area contributed by atoms with E-state index in [-0.39, 0.29) is 5.56 Å². The molecular formula is C18H20FNO. The summed E-state index contributed by atoms with van der Waals surface area (Å²) in [5.41, 5.74) is 1.72. The molecule has 21 heavy (non-hydrogen) atoms. The fourth-order valence-corrected chi connectivity index (χ4v) is 2.39. The van der Waals surface area contributed by atoms with Gasteiger partial charge in [-0.3, -0.25) is 4.79 Å². The minimum Gasteiger partial charge on any atom is -0.321 e. The molecule has 110 valence electrons. The van der Waals surface area contributed by atoms with Crippen LogP contribution < -0.4 is 5.56 Å². The molecule has 3 heteroatoms. The standard InChI is InChI=1S/C16H14FNO.C2H6/c1-9(2)10-3-5-13-12-6-4-11(17)8-14(12)16(19)18-15(13)7-10;1-2/h3-9H,1-2H3,(H,18,19);1-2H3. The van der Waals surface area contributed by atoms with Crippen LogP contribution in [0.15, 0.2) is 41.2 Å². The Hall–Kier alpha value is -2.16. The number of rotatable bonds is 1. The Labute approximate surface area is 123 Å². The summed E-state index contributed by atoms with van der Waals surface area (Å²) in [6, 6.07) is 10.4. The smallest absolute Gasteiger partial charge is 0.256 e. The number of hydrogen-bond acceptors (Lipinski definition) is 1. The maximum Gasteiger partial charge on any atom is 0.256 e. The summed E-state index contributed by atoms with van der Waals surface area (Å²) in [5, 5.41) is 2.12. The quantitative estimate of drug-likeness (QED) is 0.629. The molecule has 0 amide bonds. The Kier molecular flexibility index (Phi) is 4.41. The maximum absolute atomic E-state index is 13.2. The van der Waals surface area contributed by atoms with Gasteiger partial charge in [-0.15, -0.1) is 0 Å². The van der Waals surface area contributed by atoms with Gasteiger partial charge in [-0.25, -0.2) is 4.39 Å². The molecule has 0 saturated carbocycles. The number of H-pyrrole nitrogens is 1. The van der Waals surface area contributed by atoms with Crippen molar-refractivity contribution in [2.24, 2.45) is 0 Å². The van der Waals surface area contributed by atoms with Crippen LogP contribution >= 0.6 is 0 Å². The number of fused-ring (bicyclic) bond motifs is 3. The van der Waals surface area contributed by atoms with E-state index in [0.717, 1.165) is 16.3 Å². The van der Waals surface area contributed by atoms with Crippen molar-refractivity contribution >= 4 is 21.7 Å². The van der Waals surface area contributed by atoms with Crippen molar-refractivity contribution in [2.45, 2.75) is 33.6 Å². The Morgan fingerprint density at radius 2 is 1.62 bits per heavy atom. The van der Waals surface area contributed by atoms with Gasteiger partial charge in [-0.05, 0) is 35.1 Å². The van der Waals surface area contributed by atoms with Crippen molar-refractivity contribution in [1.29, 1.82) is 0 Å². The van der Waals surface area contributed by atoms with E-state index in [1.54, 1.807) is 6.07 Å². The second-order valence-electron chi connectivity index (χ2n) is 5.10. The molecule has 3 aromatic rings. The number of benzene rings is 2. The molecule has 0 bridgehead atoms. The summed E-state index contributed by atoms with van der Waals surface area (Å²) in [7, 11) is 0. The summed E-state index contributed by atoms with van der Waals surface area (Å²) < 4.78 is 13.2. The van der Waals surface area contributed by atoms with Crippen LogP contribution in [0.5, 0.6) is 0 Å². The summed E-state index contributed by atoms with van der Waals surface area (Å²) in [4.78, 5) is 14.8. The summed E-state index contributed by atoms with van der Waals surface area (Å²) >= 11 is 0. The zero-order valence-corrected chi connectivity index (χ0v) is 12.8. The molecule has 0 radical (unpaired) electrons. The van der Waals surface area contributed by atoms with E-state index >= 15 is 0 Å². The van der Waals surface area contributed by atoms with E-state index in [0.29, 0.717) is 11.3 Å². The minimum atomic E-state index is -0.392. The third kappa shape index (κ3) is 2.82. The Bertz CT molecular complexity index is 834. The largest absolute Gasteiger partial charge is 0.321 e. The van der Waals surface area contributed by atoms with E-state index in [9.17, 15) is 9.18 Å². The highest BCUT2D eigenvalue weighted by atomic mass is 19.1. The van der Waals surface area contributed by atoms with E-state index in [1.165, 1.54) is 17.7 Å². The first kappa shape index (κ1) is 15.2. The molecule has 0 fully saturated rings. The van der Waals surface area contributed by atoms with Crippen LogP contribution in [-0.4, -0.2) is 4.98 Å². The summed E-state index contributed by atoms with van der Waals surface area (Å²) in [5.74, 6) is 0.00738. The van der Waals surface area contributed by atoms with Gasteiger partial charge in [0, 0.05) is 10.9 Å². The van der Waals surface area contributed by atoms with Gasteiger partial charge in [-0.2, -0.15) is 0 Å². The second kappa shape index (κ2) is 6.08. The van der Waals surface area contributed by atoms with Gasteiger partial charge in [0.2, 0.25) is 0 Å². The molecule has 0 atom stereocenters. The molecule has 0 aliphatic carbocycles. The number of aromatic nitrogens is 1. The normalized spacial score (nSPS) is 10.8. The Morgan fingerprint density at radius 1 is 0.952 bits per heavy atom. The fourth-order valence-electron chi connectivity index (χ4n) is 2.39. The number of aromatic amines is 1. The van der Waals surface area contributed by atoms with Crippen LogP contribution in [0.25, 0.3) is 21.7 Å². The van der Waals surface area contributed by atoms with Gasteiger partial charge in [0.05, 0.1) is 5.39 Å². The van der Waals surface area contributed by atoms with Gasteiger partial charge >= 0.3 is 0 Å². The molecule has 2 aromatic carbocycles. The third-order valence-electron chi connectivity index (χ3n) is 3.47. The van der Waals surface area contributed by atoms with E-state index in [4.69, 9.17) is 0 Å². The highest BCUT2D eigenvalue weighted by molar-refractivity contribution is 6.05. The van der Waals surface area contributed by atoms with Crippen molar-refractivity contribution in [3.05, 3.63) is 58.1 Å². The topological polar surface area (TPSA) is 32.9 Å². The molecular weight excluding hydrogens is 265 g/mol. The number of halogens is 1. The van der Waals surface area contributed by atoms with Gasteiger partial charge in [-0.1, -0.05) is 45.9 Å². The molecule has 3 rings (SSSR count). The molecule has 1 N–H and O–H groups in total. The lowest BCUT2D eigenvalue weighted by molar-refractivity contribution is 0.629. The van der Waals surface area contributed by atoms with E-state index in [1.807, 2.05) is 32.0 Å². The molecule has 2 nitrogen and oxygen atoms in total. The van der Waals surface area contributed by atoms with Gasteiger partial charge in [0.1, 0.15) is 5.82 Å². The number of pyridine rings is 1. The van der Waals surface area contributed by atoms with Crippen molar-refractivity contribution in [3.63, 3.8) is 0 Å². The Morgan fingerprint density at radius 3 is 2.29 bits per heavy atom. The van der Waals surface area contributed by atoms with Crippen molar-refractivity contribution in [2.75, 3.05) is 0 Å². The maximum atomic E-state index is 13.2. The lowest BCUT2D eigenvalue weighted by Gasteiger charge is -2.08. The SMILES string of the molecule is CC.CC(C)c1ccc2c(c1)[nH]c(=O)c1cc(F)ccc12. The molecule has 1 aromatic heterocycles. The van der Waals surface area contributed by atoms with Crippen LogP contribution in [0.2, 0.25) is 0 Å². The first-order valence-electron chi connectivity index (χ1n) is 7.31. The zero-order valence-electron chi connectivity index (χ0n) is 12.8. The van der Waals surface area contributed by atoms with Crippen molar-refractivity contribution in [1.82, 2.24) is 4.98 Å². The van der Waals surface area contributed by atoms with Crippen LogP contribution in [0.1, 0.15) is 39.2 Å². The Balaban J connectivity index is 0.000000774. The van der Waals surface area contributed by atoms with Gasteiger partial charge in [0.25, 0.3) is 5.56 Å². The van der Waals surface area contributed by atoms with Gasteiger partial charge < -0.3 is 4.98 Å². The highest BCUT2D eigenvalue weighted by Gasteiger charge is 2.08. The molecule has 0 aliphatic rings. The van der Waals surface area contributed by atoms with Crippen LogP contribution in [0.3, 0.4) is 0 Å². The molecule has 0 aliphatic heterocycles. The van der Waals surface area contributed by atoms with E-state index in [2.05, 4.69) is 18.8 Å². The molecule has 0 unspecified atom stereocenters. The third-order valence-corrected chi connectivity index (χ3v) is 3.47. The molecule has 0 spiro atoms. The summed E-state index contributed by atoms with van der Waals surface area (Å²) in [6.07, 6.45) is 0. The average Bonchev–Trinajstić information content (AvgIpc) is 2.49. The van der Waals surface area contributed by atoms with Crippen LogP contribution in [0.4, 0.5) is 4.39 Å². The average molecular weight is 285 g/mol. The second-order valence-corrected chi connectivity index (χ2v) is 5.10. The number of nitrogens with one attached hydrogen (secondary N) is 1. The predicted molar refractivity (Wildman–Crippen MR) is 87.5 cm³/mol. The highest BCUT2D eigenvalue weighted by Crippen LogP contribution is 2.25. The fraction of sp³-hybridized carbons (Fsp3) is 0.278. The van der Waals surface area contributed by atoms with E-state index < -0.39 is 5.82 Å². The molecule has 1 heterocycles. The minimum absolute atomic E-state index is 0.247. The lowest BCUT2D eigenvalue weighted by atomic mass is 9.99. The number of hydrogen-bond donors (Lipinski definition) is 1.